The Bertz CT molecular complexity index is 836. The lowest BCUT2D eigenvalue weighted by atomic mass is 10.0. The molecule has 0 aliphatic carbocycles. The van der Waals surface area contributed by atoms with E-state index < -0.39 is 0 Å². The Balaban J connectivity index is 1.43. The standard InChI is InChI=1S/C22H30N4O3/c1-4-29-22(28)25-13-11-19(12-14-25)23-21(27)10-7-18-5-8-20(9-6-18)26-17(3)15-16(2)24-26/h5-6,8-9,15,19H,4,7,10-14H2,1-3H3,(H,23,27). The first-order valence-electron chi connectivity index (χ1n) is 10.3. The molecule has 3 rings (SSSR count). The van der Waals surface area contributed by atoms with Crippen LogP contribution in [0.4, 0.5) is 4.79 Å². The number of amides is 2. The fourth-order valence-electron chi connectivity index (χ4n) is 3.67. The smallest absolute Gasteiger partial charge is 0.409 e. The molecule has 0 atom stereocenters. The zero-order valence-corrected chi connectivity index (χ0v) is 17.5. The molecule has 2 amide bonds. The Morgan fingerprint density at radius 2 is 1.86 bits per heavy atom. The Kier molecular flexibility index (Phi) is 6.90. The minimum Gasteiger partial charge on any atom is -0.450 e. The molecule has 1 N–H and O–H groups in total. The molecule has 7 heteroatoms. The Hall–Kier alpha value is -2.83. The van der Waals surface area contributed by atoms with Crippen LogP contribution in [0, 0.1) is 13.8 Å². The molecule has 156 valence electrons. The first-order chi connectivity index (χ1) is 14.0. The van der Waals surface area contributed by atoms with E-state index >= 15 is 0 Å². The van der Waals surface area contributed by atoms with Crippen molar-refractivity contribution in [3.8, 4) is 5.69 Å². The summed E-state index contributed by atoms with van der Waals surface area (Å²) < 4.78 is 6.95. The molecule has 0 bridgehead atoms. The molecular weight excluding hydrogens is 368 g/mol. The monoisotopic (exact) mass is 398 g/mol. The third-order valence-corrected chi connectivity index (χ3v) is 5.22. The Morgan fingerprint density at radius 3 is 2.45 bits per heavy atom. The number of hydrogen-bond acceptors (Lipinski definition) is 4. The maximum atomic E-state index is 12.3. The molecule has 1 saturated heterocycles. The molecule has 1 aromatic heterocycles. The van der Waals surface area contributed by atoms with Crippen LogP contribution in [0.15, 0.2) is 30.3 Å². The number of ether oxygens (including phenoxy) is 1. The summed E-state index contributed by atoms with van der Waals surface area (Å²) in [6, 6.07) is 10.4. The van der Waals surface area contributed by atoms with E-state index in [0.29, 0.717) is 32.5 Å². The van der Waals surface area contributed by atoms with Crippen LogP contribution in [0.2, 0.25) is 0 Å². The van der Waals surface area contributed by atoms with Crippen LogP contribution in [0.5, 0.6) is 0 Å². The number of aromatic nitrogens is 2. The van der Waals surface area contributed by atoms with Gasteiger partial charge in [-0.3, -0.25) is 4.79 Å². The first kappa shape index (κ1) is 20.9. The zero-order chi connectivity index (χ0) is 20.8. The topological polar surface area (TPSA) is 76.5 Å². The van der Waals surface area contributed by atoms with Gasteiger partial charge in [0.1, 0.15) is 0 Å². The molecule has 2 heterocycles. The van der Waals surface area contributed by atoms with Crippen molar-refractivity contribution in [3.05, 3.63) is 47.3 Å². The van der Waals surface area contributed by atoms with Gasteiger partial charge in [-0.05, 0) is 63.8 Å². The molecule has 29 heavy (non-hydrogen) atoms. The maximum Gasteiger partial charge on any atom is 0.409 e. The number of aryl methyl sites for hydroxylation is 3. The molecule has 1 aromatic carbocycles. The van der Waals surface area contributed by atoms with Gasteiger partial charge in [0, 0.05) is 31.2 Å². The third kappa shape index (κ3) is 5.59. The second-order valence-corrected chi connectivity index (χ2v) is 7.53. The summed E-state index contributed by atoms with van der Waals surface area (Å²) in [5.41, 5.74) is 4.25. The van der Waals surface area contributed by atoms with Gasteiger partial charge in [0.15, 0.2) is 0 Å². The van der Waals surface area contributed by atoms with Gasteiger partial charge in [-0.15, -0.1) is 0 Å². The van der Waals surface area contributed by atoms with E-state index in [4.69, 9.17) is 4.74 Å². The summed E-state index contributed by atoms with van der Waals surface area (Å²) in [4.78, 5) is 25.7. The van der Waals surface area contributed by atoms with E-state index in [9.17, 15) is 9.59 Å². The highest BCUT2D eigenvalue weighted by Gasteiger charge is 2.24. The number of nitrogens with one attached hydrogen (secondary N) is 1. The minimum absolute atomic E-state index is 0.0576. The highest BCUT2D eigenvalue weighted by molar-refractivity contribution is 5.76. The summed E-state index contributed by atoms with van der Waals surface area (Å²) in [5, 5.41) is 7.59. The van der Waals surface area contributed by atoms with Crippen molar-refractivity contribution in [2.75, 3.05) is 19.7 Å². The van der Waals surface area contributed by atoms with Crippen LogP contribution in [0.1, 0.15) is 43.1 Å². The van der Waals surface area contributed by atoms with Gasteiger partial charge in [0.05, 0.1) is 18.0 Å². The second kappa shape index (κ2) is 9.58. The predicted molar refractivity (Wildman–Crippen MR) is 111 cm³/mol. The van der Waals surface area contributed by atoms with Gasteiger partial charge in [-0.1, -0.05) is 12.1 Å². The number of benzene rings is 1. The van der Waals surface area contributed by atoms with Crippen molar-refractivity contribution in [2.24, 2.45) is 0 Å². The van der Waals surface area contributed by atoms with Crippen molar-refractivity contribution in [3.63, 3.8) is 0 Å². The number of likely N-dealkylation sites (tertiary alicyclic amines) is 1. The van der Waals surface area contributed by atoms with Gasteiger partial charge in [-0.2, -0.15) is 5.10 Å². The molecular formula is C22H30N4O3. The molecule has 1 fully saturated rings. The number of carbonyl (C=O) groups excluding carboxylic acids is 2. The van der Waals surface area contributed by atoms with Crippen LogP contribution in [-0.2, 0) is 16.0 Å². The van der Waals surface area contributed by atoms with E-state index in [2.05, 4.69) is 28.6 Å². The van der Waals surface area contributed by atoms with Gasteiger partial charge >= 0.3 is 6.09 Å². The van der Waals surface area contributed by atoms with E-state index in [1.165, 1.54) is 0 Å². The van der Waals surface area contributed by atoms with Crippen LogP contribution in [0.25, 0.3) is 5.69 Å². The lowest BCUT2D eigenvalue weighted by Crippen LogP contribution is -2.46. The van der Waals surface area contributed by atoms with E-state index in [1.54, 1.807) is 11.8 Å². The molecule has 7 nitrogen and oxygen atoms in total. The second-order valence-electron chi connectivity index (χ2n) is 7.53. The number of piperidine rings is 1. The summed E-state index contributed by atoms with van der Waals surface area (Å²) in [6.45, 7) is 7.46. The minimum atomic E-state index is -0.263. The number of nitrogens with zero attached hydrogens (tertiary/aromatic N) is 3. The highest BCUT2D eigenvalue weighted by Crippen LogP contribution is 2.15. The van der Waals surface area contributed by atoms with Gasteiger partial charge in [0.2, 0.25) is 5.91 Å². The zero-order valence-electron chi connectivity index (χ0n) is 17.5. The molecule has 0 saturated carbocycles. The van der Waals surface area contributed by atoms with E-state index in [0.717, 1.165) is 35.5 Å². The molecule has 1 aliphatic heterocycles. The first-order valence-corrected chi connectivity index (χ1v) is 10.3. The van der Waals surface area contributed by atoms with Gasteiger partial charge < -0.3 is 15.0 Å². The van der Waals surface area contributed by atoms with Crippen molar-refractivity contribution < 1.29 is 14.3 Å². The number of rotatable bonds is 6. The predicted octanol–water partition coefficient (Wildman–Crippen LogP) is 3.16. The summed E-state index contributed by atoms with van der Waals surface area (Å²) in [7, 11) is 0. The summed E-state index contributed by atoms with van der Waals surface area (Å²) >= 11 is 0. The van der Waals surface area contributed by atoms with Crippen molar-refractivity contribution in [2.45, 2.75) is 52.5 Å². The average Bonchev–Trinajstić information content (AvgIpc) is 3.05. The Labute approximate surface area is 172 Å². The van der Waals surface area contributed by atoms with Crippen LogP contribution >= 0.6 is 0 Å². The van der Waals surface area contributed by atoms with E-state index in [1.807, 2.05) is 30.7 Å². The van der Waals surface area contributed by atoms with E-state index in [-0.39, 0.29) is 18.0 Å². The van der Waals surface area contributed by atoms with Crippen molar-refractivity contribution >= 4 is 12.0 Å². The normalized spacial score (nSPS) is 14.7. The fourth-order valence-corrected chi connectivity index (χ4v) is 3.67. The largest absolute Gasteiger partial charge is 0.450 e. The number of carbonyl (C=O) groups is 2. The lowest BCUT2D eigenvalue weighted by molar-refractivity contribution is -0.122. The molecule has 1 aliphatic rings. The fraction of sp³-hybridized carbons (Fsp3) is 0.500. The lowest BCUT2D eigenvalue weighted by Gasteiger charge is -2.31. The molecule has 0 unspecified atom stereocenters. The molecule has 0 radical (unpaired) electrons. The van der Waals surface area contributed by atoms with Crippen LogP contribution in [-0.4, -0.2) is 52.4 Å². The van der Waals surface area contributed by atoms with Gasteiger partial charge in [0.25, 0.3) is 0 Å². The average molecular weight is 399 g/mol. The quantitative estimate of drug-likeness (QED) is 0.811. The number of hydrogen-bond donors (Lipinski definition) is 1. The van der Waals surface area contributed by atoms with Crippen LogP contribution < -0.4 is 5.32 Å². The summed E-state index contributed by atoms with van der Waals surface area (Å²) in [5.74, 6) is 0.0576. The summed E-state index contributed by atoms with van der Waals surface area (Å²) in [6.07, 6.45) is 2.42. The van der Waals surface area contributed by atoms with Crippen molar-refractivity contribution in [1.82, 2.24) is 20.0 Å². The third-order valence-electron chi connectivity index (χ3n) is 5.22. The van der Waals surface area contributed by atoms with Gasteiger partial charge in [-0.25, -0.2) is 9.48 Å². The van der Waals surface area contributed by atoms with Crippen molar-refractivity contribution in [1.29, 1.82) is 0 Å². The highest BCUT2D eigenvalue weighted by atomic mass is 16.6. The molecule has 2 aromatic rings. The van der Waals surface area contributed by atoms with Crippen LogP contribution in [0.3, 0.4) is 0 Å². The Morgan fingerprint density at radius 1 is 1.17 bits per heavy atom. The SMILES string of the molecule is CCOC(=O)N1CCC(NC(=O)CCc2ccc(-n3nc(C)cc3C)cc2)CC1. The maximum absolute atomic E-state index is 12.3. The molecule has 0 spiro atoms.